The molecule has 2 aromatic rings. The van der Waals surface area contributed by atoms with Crippen molar-refractivity contribution in [2.75, 3.05) is 43.0 Å². The number of aliphatic hydroxyl groups is 1. The van der Waals surface area contributed by atoms with E-state index in [4.69, 9.17) is 4.74 Å². The minimum Gasteiger partial charge on any atom is -0.493 e. The number of amides is 1. The van der Waals surface area contributed by atoms with Crippen LogP contribution in [0.1, 0.15) is 41.6 Å². The number of nitrogens with zero attached hydrogens (tertiary/aromatic N) is 2. The van der Waals surface area contributed by atoms with E-state index in [1.165, 1.54) is 16.8 Å². The van der Waals surface area contributed by atoms with Gasteiger partial charge < -0.3 is 25.0 Å². The Bertz CT molecular complexity index is 1010. The van der Waals surface area contributed by atoms with Crippen LogP contribution in [0.5, 0.6) is 5.75 Å². The van der Waals surface area contributed by atoms with Crippen molar-refractivity contribution in [2.45, 2.75) is 37.3 Å². The highest BCUT2D eigenvalue weighted by molar-refractivity contribution is 6.03. The van der Waals surface area contributed by atoms with Crippen molar-refractivity contribution in [3.05, 3.63) is 53.1 Å². The molecular formula is C24H27N3O3. The van der Waals surface area contributed by atoms with Crippen molar-refractivity contribution >= 4 is 17.3 Å². The van der Waals surface area contributed by atoms with E-state index in [0.717, 1.165) is 49.5 Å². The lowest BCUT2D eigenvalue weighted by Crippen LogP contribution is -2.49. The van der Waals surface area contributed by atoms with Crippen LogP contribution in [0.15, 0.2) is 36.4 Å². The van der Waals surface area contributed by atoms with E-state index in [0.29, 0.717) is 31.5 Å². The highest BCUT2D eigenvalue weighted by atomic mass is 16.5. The highest BCUT2D eigenvalue weighted by Gasteiger charge is 2.45. The number of hydrogen-bond donors (Lipinski definition) is 2. The maximum atomic E-state index is 12.1. The molecule has 4 heterocycles. The fourth-order valence-electron chi connectivity index (χ4n) is 5.84. The predicted octanol–water partition coefficient (Wildman–Crippen LogP) is 2.68. The number of fused-ring (bicyclic) bond motifs is 4. The summed E-state index contributed by atoms with van der Waals surface area (Å²) in [5, 5.41) is 13.9. The molecule has 0 aliphatic carbocycles. The largest absolute Gasteiger partial charge is 0.493 e. The SMILES string of the molecule is O=C1CN2c3c(cccc3C3CN(CCC(O)c4cccc5c4OCC5)CC[C@@H]32)N1. The number of ether oxygens (including phenoxy) is 1. The lowest BCUT2D eigenvalue weighted by Gasteiger charge is -2.40. The molecule has 1 saturated heterocycles. The van der Waals surface area contributed by atoms with Gasteiger partial charge in [0.15, 0.2) is 0 Å². The Morgan fingerprint density at radius 2 is 2.13 bits per heavy atom. The van der Waals surface area contributed by atoms with Crippen molar-refractivity contribution in [3.8, 4) is 5.75 Å². The summed E-state index contributed by atoms with van der Waals surface area (Å²) in [5.41, 5.74) is 5.68. The Morgan fingerprint density at radius 1 is 1.23 bits per heavy atom. The minimum absolute atomic E-state index is 0.0865. The number of carbonyl (C=O) groups is 1. The second-order valence-corrected chi connectivity index (χ2v) is 8.92. The number of para-hydroxylation sites is 2. The third kappa shape index (κ3) is 2.81. The van der Waals surface area contributed by atoms with Crippen molar-refractivity contribution in [3.63, 3.8) is 0 Å². The second kappa shape index (κ2) is 7.00. The van der Waals surface area contributed by atoms with E-state index in [9.17, 15) is 9.90 Å². The van der Waals surface area contributed by atoms with E-state index < -0.39 is 6.10 Å². The molecule has 0 radical (unpaired) electrons. The molecule has 4 aliphatic rings. The first-order chi connectivity index (χ1) is 14.7. The van der Waals surface area contributed by atoms with Crippen LogP contribution in [0.2, 0.25) is 0 Å². The number of anilines is 2. The third-order valence-electron chi connectivity index (χ3n) is 7.23. The maximum Gasteiger partial charge on any atom is 0.243 e. The van der Waals surface area contributed by atoms with Gasteiger partial charge in [0.1, 0.15) is 5.75 Å². The monoisotopic (exact) mass is 405 g/mol. The quantitative estimate of drug-likeness (QED) is 0.819. The minimum atomic E-state index is -0.501. The van der Waals surface area contributed by atoms with E-state index >= 15 is 0 Å². The third-order valence-corrected chi connectivity index (χ3v) is 7.23. The molecule has 6 rings (SSSR count). The van der Waals surface area contributed by atoms with Gasteiger partial charge in [0.05, 0.1) is 30.6 Å². The van der Waals surface area contributed by atoms with Gasteiger partial charge in [0.2, 0.25) is 5.91 Å². The van der Waals surface area contributed by atoms with E-state index in [1.807, 2.05) is 18.2 Å². The first kappa shape index (κ1) is 18.2. The van der Waals surface area contributed by atoms with Crippen LogP contribution in [0.25, 0.3) is 0 Å². The molecule has 0 spiro atoms. The average Bonchev–Trinajstić information content (AvgIpc) is 3.36. The van der Waals surface area contributed by atoms with Crippen LogP contribution >= 0.6 is 0 Å². The molecular weight excluding hydrogens is 378 g/mol. The van der Waals surface area contributed by atoms with Crippen molar-refractivity contribution in [1.82, 2.24) is 4.90 Å². The zero-order valence-corrected chi connectivity index (χ0v) is 17.0. The fraction of sp³-hybridized carbons (Fsp3) is 0.458. The normalized spacial score (nSPS) is 25.2. The Labute approximate surface area is 176 Å². The summed E-state index contributed by atoms with van der Waals surface area (Å²) in [4.78, 5) is 16.9. The summed E-state index contributed by atoms with van der Waals surface area (Å²) in [6.07, 6.45) is 2.18. The van der Waals surface area contributed by atoms with Crippen LogP contribution in [0.3, 0.4) is 0 Å². The first-order valence-corrected chi connectivity index (χ1v) is 11.0. The molecule has 2 N–H and O–H groups in total. The number of piperidine rings is 1. The van der Waals surface area contributed by atoms with Gasteiger partial charge in [-0.15, -0.1) is 0 Å². The number of benzene rings is 2. The molecule has 2 unspecified atom stereocenters. The Kier molecular flexibility index (Phi) is 4.25. The lowest BCUT2D eigenvalue weighted by atomic mass is 9.88. The molecule has 1 fully saturated rings. The molecule has 4 aliphatic heterocycles. The average molecular weight is 405 g/mol. The smallest absolute Gasteiger partial charge is 0.243 e. The van der Waals surface area contributed by atoms with Crippen LogP contribution in [0, 0.1) is 0 Å². The number of aliphatic hydroxyl groups excluding tert-OH is 1. The van der Waals surface area contributed by atoms with Gasteiger partial charge in [-0.3, -0.25) is 4.79 Å². The number of hydrogen-bond acceptors (Lipinski definition) is 5. The molecule has 2 aromatic carbocycles. The van der Waals surface area contributed by atoms with E-state index in [-0.39, 0.29) is 5.91 Å². The molecule has 1 amide bonds. The van der Waals surface area contributed by atoms with E-state index in [1.54, 1.807) is 0 Å². The standard InChI is InChI=1S/C24H27N3O3/c28-21(17-5-1-3-15-9-12-30-24(15)17)8-11-26-10-7-20-18(13-26)16-4-2-6-19-23(16)27(20)14-22(29)25-19/h1-6,18,20-21,28H,7-14H2,(H,25,29)/t18?,20-,21?/m0/s1. The summed E-state index contributed by atoms with van der Waals surface area (Å²) < 4.78 is 5.78. The molecule has 6 nitrogen and oxygen atoms in total. The van der Waals surface area contributed by atoms with Gasteiger partial charge in [-0.05, 0) is 30.0 Å². The number of nitrogens with one attached hydrogen (secondary N) is 1. The van der Waals surface area contributed by atoms with Gasteiger partial charge >= 0.3 is 0 Å². The van der Waals surface area contributed by atoms with Gasteiger partial charge in [-0.25, -0.2) is 0 Å². The zero-order valence-electron chi connectivity index (χ0n) is 17.0. The molecule has 3 atom stereocenters. The molecule has 0 aromatic heterocycles. The highest BCUT2D eigenvalue weighted by Crippen LogP contribution is 2.49. The number of carbonyl (C=O) groups excluding carboxylic acids is 1. The van der Waals surface area contributed by atoms with Crippen LogP contribution in [-0.2, 0) is 11.2 Å². The second-order valence-electron chi connectivity index (χ2n) is 8.92. The molecule has 0 saturated carbocycles. The lowest BCUT2D eigenvalue weighted by molar-refractivity contribution is -0.115. The number of likely N-dealkylation sites (tertiary alicyclic amines) is 1. The Morgan fingerprint density at radius 3 is 3.07 bits per heavy atom. The fourth-order valence-corrected chi connectivity index (χ4v) is 5.84. The van der Waals surface area contributed by atoms with Crippen LogP contribution in [-0.4, -0.2) is 54.7 Å². The summed E-state index contributed by atoms with van der Waals surface area (Å²) in [6.45, 7) is 4.01. The van der Waals surface area contributed by atoms with Gasteiger partial charge in [0.25, 0.3) is 0 Å². The van der Waals surface area contributed by atoms with Gasteiger partial charge in [-0.2, -0.15) is 0 Å². The van der Waals surface area contributed by atoms with Crippen molar-refractivity contribution < 1.29 is 14.6 Å². The zero-order chi connectivity index (χ0) is 20.2. The summed E-state index contributed by atoms with van der Waals surface area (Å²) in [7, 11) is 0. The number of rotatable bonds is 4. The topological polar surface area (TPSA) is 65.0 Å². The van der Waals surface area contributed by atoms with Crippen LogP contribution in [0.4, 0.5) is 11.4 Å². The Hall–Kier alpha value is -2.57. The van der Waals surface area contributed by atoms with E-state index in [2.05, 4.69) is 33.3 Å². The van der Waals surface area contributed by atoms with Gasteiger partial charge in [0, 0.05) is 43.6 Å². The maximum absolute atomic E-state index is 12.1. The Balaban J connectivity index is 1.16. The van der Waals surface area contributed by atoms with Crippen molar-refractivity contribution in [1.29, 1.82) is 0 Å². The van der Waals surface area contributed by atoms with Gasteiger partial charge in [-0.1, -0.05) is 30.3 Å². The summed E-state index contributed by atoms with van der Waals surface area (Å²) in [6, 6.07) is 12.8. The molecule has 30 heavy (non-hydrogen) atoms. The van der Waals surface area contributed by atoms with Crippen LogP contribution < -0.4 is 15.0 Å². The predicted molar refractivity (Wildman–Crippen MR) is 115 cm³/mol. The first-order valence-electron chi connectivity index (χ1n) is 11.0. The summed E-state index contributed by atoms with van der Waals surface area (Å²) >= 11 is 0. The molecule has 156 valence electrons. The molecule has 6 heteroatoms. The van der Waals surface area contributed by atoms with Crippen molar-refractivity contribution in [2.24, 2.45) is 0 Å². The summed E-state index contributed by atoms with van der Waals surface area (Å²) in [5.74, 6) is 1.40. The molecule has 0 bridgehead atoms.